The summed E-state index contributed by atoms with van der Waals surface area (Å²) in [5.74, 6) is -0.933. The van der Waals surface area contributed by atoms with E-state index in [1.807, 2.05) is 12.1 Å². The highest BCUT2D eigenvalue weighted by atomic mass is 35.5. The van der Waals surface area contributed by atoms with Gasteiger partial charge in [0.1, 0.15) is 30.1 Å². The van der Waals surface area contributed by atoms with Crippen LogP contribution in [0.5, 0.6) is 5.75 Å². The molecule has 12 heteroatoms. The number of carbonyl (C=O) groups is 1. The van der Waals surface area contributed by atoms with Gasteiger partial charge in [-0.05, 0) is 62.7 Å². The fourth-order valence-corrected chi connectivity index (χ4v) is 6.57. The number of carboxylic acids is 1. The van der Waals surface area contributed by atoms with Crippen molar-refractivity contribution in [1.82, 2.24) is 19.5 Å². The average molecular weight is 640 g/mol. The summed E-state index contributed by atoms with van der Waals surface area (Å²) in [6.45, 7) is 5.28. The minimum Gasteiger partial charge on any atom is -0.491 e. The zero-order chi connectivity index (χ0) is 32.0. The number of rotatable bonds is 7. The first-order valence-corrected chi connectivity index (χ1v) is 14.9. The Kier molecular flexibility index (Phi) is 7.78. The zero-order valence-corrected chi connectivity index (χ0v) is 25.8. The van der Waals surface area contributed by atoms with Crippen LogP contribution < -0.4 is 10.3 Å². The SMILES string of the molecule is Cc1cc(-c2c(F)cc3nc(C)n(CCOc4ccc(Cl)cc4-c4cc(C)nc5c(C(=O)O)csc45)c(=O)c3c2C#N)ccn1. The zero-order valence-electron chi connectivity index (χ0n) is 24.2. The lowest BCUT2D eigenvalue weighted by Gasteiger charge is -2.16. The largest absolute Gasteiger partial charge is 0.491 e. The van der Waals surface area contributed by atoms with E-state index in [-0.39, 0.29) is 40.7 Å². The van der Waals surface area contributed by atoms with Crippen molar-refractivity contribution in [3.63, 3.8) is 0 Å². The summed E-state index contributed by atoms with van der Waals surface area (Å²) in [5, 5.41) is 21.8. The molecule has 0 fully saturated rings. The predicted molar refractivity (Wildman–Crippen MR) is 171 cm³/mol. The van der Waals surface area contributed by atoms with Crippen LogP contribution in [0.15, 0.2) is 58.8 Å². The maximum absolute atomic E-state index is 15.3. The van der Waals surface area contributed by atoms with Gasteiger partial charge in [0.2, 0.25) is 0 Å². The Hall–Kier alpha value is -5.18. The lowest BCUT2D eigenvalue weighted by Crippen LogP contribution is -2.27. The molecule has 0 aliphatic heterocycles. The van der Waals surface area contributed by atoms with E-state index >= 15 is 4.39 Å². The molecule has 6 rings (SSSR count). The van der Waals surface area contributed by atoms with E-state index < -0.39 is 17.3 Å². The summed E-state index contributed by atoms with van der Waals surface area (Å²) in [6, 6.07) is 13.4. The van der Waals surface area contributed by atoms with Crippen molar-refractivity contribution in [2.24, 2.45) is 0 Å². The number of hydrogen-bond acceptors (Lipinski definition) is 8. The Balaban J connectivity index is 1.38. The first-order valence-electron chi connectivity index (χ1n) is 13.7. The van der Waals surface area contributed by atoms with Crippen LogP contribution in [0.2, 0.25) is 5.02 Å². The summed E-state index contributed by atoms with van der Waals surface area (Å²) in [6.07, 6.45) is 1.52. The van der Waals surface area contributed by atoms with Gasteiger partial charge in [-0.15, -0.1) is 11.3 Å². The maximum atomic E-state index is 15.3. The highest BCUT2D eigenvalue weighted by molar-refractivity contribution is 7.18. The lowest BCUT2D eigenvalue weighted by atomic mass is 9.96. The Morgan fingerprint density at radius 3 is 2.64 bits per heavy atom. The molecule has 0 amide bonds. The quantitative estimate of drug-likeness (QED) is 0.196. The number of thiophene rings is 1. The monoisotopic (exact) mass is 639 g/mol. The van der Waals surface area contributed by atoms with Crippen LogP contribution >= 0.6 is 22.9 Å². The summed E-state index contributed by atoms with van der Waals surface area (Å²) in [5.41, 5.74) is 3.06. The molecule has 224 valence electrons. The molecule has 0 spiro atoms. The van der Waals surface area contributed by atoms with Crippen LogP contribution in [0, 0.1) is 37.9 Å². The van der Waals surface area contributed by atoms with Gasteiger partial charge < -0.3 is 9.84 Å². The van der Waals surface area contributed by atoms with E-state index in [2.05, 4.69) is 15.0 Å². The Labute approximate surface area is 264 Å². The minimum absolute atomic E-state index is 0.0164. The number of nitriles is 1. The third-order valence-electron chi connectivity index (χ3n) is 7.37. The highest BCUT2D eigenvalue weighted by Gasteiger charge is 2.22. The molecule has 0 saturated carbocycles. The smallest absolute Gasteiger partial charge is 0.338 e. The second-order valence-electron chi connectivity index (χ2n) is 10.3. The molecule has 4 aromatic heterocycles. The van der Waals surface area contributed by atoms with Gasteiger partial charge in [-0.25, -0.2) is 14.2 Å². The van der Waals surface area contributed by atoms with E-state index in [9.17, 15) is 20.0 Å². The van der Waals surface area contributed by atoms with Gasteiger partial charge >= 0.3 is 5.97 Å². The van der Waals surface area contributed by atoms with Gasteiger partial charge in [-0.1, -0.05) is 11.6 Å². The van der Waals surface area contributed by atoms with Crippen molar-refractivity contribution in [2.45, 2.75) is 27.3 Å². The molecule has 0 bridgehead atoms. The van der Waals surface area contributed by atoms with Gasteiger partial charge in [0.05, 0.1) is 38.8 Å². The number of aromatic carboxylic acids is 1. The van der Waals surface area contributed by atoms with Crippen LogP contribution in [-0.2, 0) is 6.54 Å². The van der Waals surface area contributed by atoms with Crippen LogP contribution in [0.4, 0.5) is 4.39 Å². The molecule has 2 aromatic carbocycles. The third kappa shape index (κ3) is 5.39. The van der Waals surface area contributed by atoms with Crippen molar-refractivity contribution in [3.05, 3.63) is 104 Å². The average Bonchev–Trinajstić information content (AvgIpc) is 3.42. The first kappa shape index (κ1) is 29.9. The molecular formula is C33H23ClFN5O4S. The third-order valence-corrected chi connectivity index (χ3v) is 8.61. The number of pyridine rings is 2. The van der Waals surface area contributed by atoms with Crippen LogP contribution in [0.1, 0.15) is 33.1 Å². The van der Waals surface area contributed by atoms with E-state index in [1.54, 1.807) is 56.5 Å². The van der Waals surface area contributed by atoms with Crippen molar-refractivity contribution >= 4 is 50.0 Å². The van der Waals surface area contributed by atoms with E-state index in [0.717, 1.165) is 0 Å². The minimum atomic E-state index is -1.07. The molecule has 4 heterocycles. The Morgan fingerprint density at radius 1 is 1.11 bits per heavy atom. The standard InChI is InChI=1S/C33H23ClFN5O4S/c1-16-10-19(6-7-37-16)28-23(14-36)29-26(13-25(28)35)39-18(3)40(32(29)41)8-9-44-27-5-4-20(34)12-21(27)22-11-17(2)38-30-24(33(42)43)15-45-31(22)30/h4-7,10-13,15H,8-9H2,1-3H3,(H,42,43). The Morgan fingerprint density at radius 2 is 1.91 bits per heavy atom. The van der Waals surface area contributed by atoms with E-state index in [1.165, 1.54) is 28.2 Å². The molecule has 45 heavy (non-hydrogen) atoms. The van der Waals surface area contributed by atoms with Crippen molar-refractivity contribution in [3.8, 4) is 34.1 Å². The number of carboxylic acid groups (broad SMARTS) is 1. The molecular weight excluding hydrogens is 617 g/mol. The highest BCUT2D eigenvalue weighted by Crippen LogP contribution is 2.40. The fourth-order valence-electron chi connectivity index (χ4n) is 5.39. The van der Waals surface area contributed by atoms with Crippen LogP contribution in [0.3, 0.4) is 0 Å². The summed E-state index contributed by atoms with van der Waals surface area (Å²) < 4.78 is 23.6. The number of halogens is 2. The fraction of sp³-hybridized carbons (Fsp3) is 0.152. The summed E-state index contributed by atoms with van der Waals surface area (Å²) in [4.78, 5) is 38.6. The molecule has 0 aliphatic carbocycles. The molecule has 1 N–H and O–H groups in total. The topological polar surface area (TPSA) is 131 Å². The lowest BCUT2D eigenvalue weighted by molar-refractivity contribution is 0.0699. The van der Waals surface area contributed by atoms with Crippen molar-refractivity contribution in [1.29, 1.82) is 5.26 Å². The molecule has 0 saturated heterocycles. The Bertz CT molecular complexity index is 2290. The van der Waals surface area contributed by atoms with Gasteiger partial charge in [-0.3, -0.25) is 19.3 Å². The van der Waals surface area contributed by atoms with Crippen LogP contribution in [-0.4, -0.2) is 37.2 Å². The predicted octanol–water partition coefficient (Wildman–Crippen LogP) is 7.10. The number of aryl methyl sites for hydroxylation is 3. The summed E-state index contributed by atoms with van der Waals surface area (Å²) >= 11 is 7.64. The number of fused-ring (bicyclic) bond motifs is 2. The van der Waals surface area contributed by atoms with Gasteiger partial charge in [0.15, 0.2) is 0 Å². The molecule has 0 atom stereocenters. The van der Waals surface area contributed by atoms with Gasteiger partial charge in [-0.2, -0.15) is 5.26 Å². The number of benzene rings is 2. The molecule has 6 aromatic rings. The van der Waals surface area contributed by atoms with Crippen molar-refractivity contribution < 1.29 is 19.0 Å². The van der Waals surface area contributed by atoms with Gasteiger partial charge in [0, 0.05) is 50.7 Å². The normalized spacial score (nSPS) is 11.2. The maximum Gasteiger partial charge on any atom is 0.338 e. The number of aromatic nitrogens is 4. The number of nitrogens with zero attached hydrogens (tertiary/aromatic N) is 5. The molecule has 0 aliphatic rings. The van der Waals surface area contributed by atoms with Crippen LogP contribution in [0.25, 0.3) is 43.4 Å². The first-order chi connectivity index (χ1) is 21.6. The van der Waals surface area contributed by atoms with Crippen molar-refractivity contribution in [2.75, 3.05) is 6.61 Å². The molecule has 0 radical (unpaired) electrons. The molecule has 9 nitrogen and oxygen atoms in total. The summed E-state index contributed by atoms with van der Waals surface area (Å²) in [7, 11) is 0. The second-order valence-corrected chi connectivity index (χ2v) is 11.7. The number of hydrogen-bond donors (Lipinski definition) is 1. The van der Waals surface area contributed by atoms with E-state index in [0.29, 0.717) is 54.9 Å². The molecule has 0 unspecified atom stereocenters. The van der Waals surface area contributed by atoms with Gasteiger partial charge in [0.25, 0.3) is 5.56 Å². The van der Waals surface area contributed by atoms with E-state index in [4.69, 9.17) is 16.3 Å². The second kappa shape index (κ2) is 11.7. The number of ether oxygens (including phenoxy) is 1.